The summed E-state index contributed by atoms with van der Waals surface area (Å²) in [6.45, 7) is 0. The molecule has 0 heterocycles. The first-order valence-electron chi connectivity index (χ1n) is 8.20. The van der Waals surface area contributed by atoms with Crippen LogP contribution in [0, 0.1) is 0 Å². The van der Waals surface area contributed by atoms with Gasteiger partial charge < -0.3 is 9.47 Å². The smallest absolute Gasteiger partial charge is 0.252 e. The van der Waals surface area contributed by atoms with Gasteiger partial charge in [0, 0.05) is 11.5 Å². The van der Waals surface area contributed by atoms with Gasteiger partial charge in [-0.3, -0.25) is 4.79 Å². The lowest BCUT2D eigenvalue weighted by Gasteiger charge is -2.20. The number of rotatable bonds is 6. The summed E-state index contributed by atoms with van der Waals surface area (Å²) in [7, 11) is 3.30. The third-order valence-electron chi connectivity index (χ3n) is 4.37. The van der Waals surface area contributed by atoms with E-state index in [1.165, 1.54) is 0 Å². The monoisotopic (exact) mass is 366 g/mol. The Bertz CT molecular complexity index is 821. The van der Waals surface area contributed by atoms with Crippen LogP contribution < -0.4 is 9.47 Å². The van der Waals surface area contributed by atoms with Crippen LogP contribution in [0.1, 0.15) is 33.0 Å². The Kier molecular flexibility index (Phi) is 5.59. The van der Waals surface area contributed by atoms with Crippen LogP contribution in [0.3, 0.4) is 0 Å². The van der Waals surface area contributed by atoms with E-state index in [1.807, 2.05) is 60.7 Å². The predicted octanol–water partition coefficient (Wildman–Crippen LogP) is 5.26. The Hall–Kier alpha value is -2.78. The number of halogens is 1. The van der Waals surface area contributed by atoms with Gasteiger partial charge in [0.2, 0.25) is 0 Å². The van der Waals surface area contributed by atoms with Crippen molar-refractivity contribution < 1.29 is 14.3 Å². The molecule has 0 N–H and O–H groups in total. The molecular weight excluding hydrogens is 348 g/mol. The maximum Gasteiger partial charge on any atom is 0.252 e. The van der Waals surface area contributed by atoms with Gasteiger partial charge in [-0.05, 0) is 64.7 Å². The van der Waals surface area contributed by atoms with Crippen LogP contribution in [0.25, 0.3) is 0 Å². The lowest BCUT2D eigenvalue weighted by Crippen LogP contribution is -2.04. The van der Waals surface area contributed by atoms with Crippen molar-refractivity contribution in [1.29, 1.82) is 0 Å². The summed E-state index contributed by atoms with van der Waals surface area (Å²) in [5.41, 5.74) is 3.81. The molecule has 0 saturated carbocycles. The van der Waals surface area contributed by atoms with Crippen molar-refractivity contribution in [2.45, 2.75) is 5.92 Å². The number of carbonyl (C=O) groups excluding carboxylic acids is 1. The van der Waals surface area contributed by atoms with Crippen LogP contribution in [0.2, 0.25) is 0 Å². The highest BCUT2D eigenvalue weighted by atomic mass is 35.5. The van der Waals surface area contributed by atoms with E-state index in [0.717, 1.165) is 28.2 Å². The number of benzene rings is 3. The molecule has 4 heteroatoms. The zero-order valence-electron chi connectivity index (χ0n) is 14.6. The van der Waals surface area contributed by atoms with E-state index < -0.39 is 5.24 Å². The minimum Gasteiger partial charge on any atom is -0.497 e. The van der Waals surface area contributed by atoms with E-state index in [-0.39, 0.29) is 5.92 Å². The number of carbonyl (C=O) groups is 1. The van der Waals surface area contributed by atoms with Crippen molar-refractivity contribution in [2.24, 2.45) is 0 Å². The first kappa shape index (κ1) is 18.0. The fraction of sp³-hybridized carbons (Fsp3) is 0.136. The molecule has 0 aromatic heterocycles. The van der Waals surface area contributed by atoms with E-state index in [4.69, 9.17) is 21.1 Å². The molecule has 0 bridgehead atoms. The molecule has 0 saturated heterocycles. The zero-order valence-corrected chi connectivity index (χ0v) is 15.4. The standard InChI is InChI=1S/C22H19ClO3/c1-25-19-11-7-16(8-12-19)21(17-9-13-20(26-2)14-10-17)15-3-5-18(6-4-15)22(23)24/h3-14,21H,1-2H3. The van der Waals surface area contributed by atoms with Gasteiger partial charge in [-0.15, -0.1) is 0 Å². The predicted molar refractivity (Wildman–Crippen MR) is 104 cm³/mol. The average Bonchev–Trinajstić information content (AvgIpc) is 2.69. The molecule has 0 fully saturated rings. The lowest BCUT2D eigenvalue weighted by atomic mass is 9.85. The molecule has 3 rings (SSSR count). The van der Waals surface area contributed by atoms with Gasteiger partial charge in [0.15, 0.2) is 0 Å². The fourth-order valence-corrected chi connectivity index (χ4v) is 3.10. The summed E-state index contributed by atoms with van der Waals surface area (Å²) >= 11 is 5.57. The van der Waals surface area contributed by atoms with Gasteiger partial charge in [-0.1, -0.05) is 36.4 Å². The Morgan fingerprint density at radius 2 is 1.04 bits per heavy atom. The fourth-order valence-electron chi connectivity index (χ4n) is 2.98. The lowest BCUT2D eigenvalue weighted by molar-refractivity contribution is 0.108. The second-order valence-electron chi connectivity index (χ2n) is 5.88. The number of methoxy groups -OCH3 is 2. The molecule has 3 aromatic carbocycles. The van der Waals surface area contributed by atoms with E-state index in [1.54, 1.807) is 26.4 Å². The minimum atomic E-state index is -0.456. The van der Waals surface area contributed by atoms with Crippen LogP contribution >= 0.6 is 11.6 Å². The molecule has 0 spiro atoms. The quantitative estimate of drug-likeness (QED) is 0.440. The van der Waals surface area contributed by atoms with Crippen LogP contribution in [0.4, 0.5) is 0 Å². The zero-order chi connectivity index (χ0) is 18.5. The Labute approximate surface area is 158 Å². The topological polar surface area (TPSA) is 35.5 Å². The Morgan fingerprint density at radius 3 is 1.35 bits per heavy atom. The molecule has 0 radical (unpaired) electrons. The minimum absolute atomic E-state index is 0.0197. The Balaban J connectivity index is 2.06. The van der Waals surface area contributed by atoms with Crippen molar-refractivity contribution in [3.8, 4) is 11.5 Å². The number of ether oxygens (including phenoxy) is 2. The number of hydrogen-bond acceptors (Lipinski definition) is 3. The van der Waals surface area contributed by atoms with Crippen LogP contribution in [0.5, 0.6) is 11.5 Å². The molecule has 3 nitrogen and oxygen atoms in total. The molecule has 132 valence electrons. The molecule has 0 aliphatic heterocycles. The summed E-state index contributed by atoms with van der Waals surface area (Å²) in [6.07, 6.45) is 0. The van der Waals surface area contributed by atoms with Gasteiger partial charge in [-0.2, -0.15) is 0 Å². The van der Waals surface area contributed by atoms with Crippen molar-refractivity contribution in [2.75, 3.05) is 14.2 Å². The maximum absolute atomic E-state index is 11.3. The van der Waals surface area contributed by atoms with E-state index in [0.29, 0.717) is 5.56 Å². The molecular formula is C22H19ClO3. The highest BCUT2D eigenvalue weighted by Gasteiger charge is 2.17. The SMILES string of the molecule is COc1ccc(C(c2ccc(OC)cc2)c2ccc(C(=O)Cl)cc2)cc1. The molecule has 0 unspecified atom stereocenters. The summed E-state index contributed by atoms with van der Waals surface area (Å²) in [5.74, 6) is 1.64. The van der Waals surface area contributed by atoms with Crippen molar-refractivity contribution in [1.82, 2.24) is 0 Å². The molecule has 0 aliphatic rings. The third-order valence-corrected chi connectivity index (χ3v) is 4.59. The first-order valence-corrected chi connectivity index (χ1v) is 8.58. The Morgan fingerprint density at radius 1 is 0.692 bits per heavy atom. The van der Waals surface area contributed by atoms with E-state index >= 15 is 0 Å². The average molecular weight is 367 g/mol. The van der Waals surface area contributed by atoms with Crippen molar-refractivity contribution >= 4 is 16.8 Å². The van der Waals surface area contributed by atoms with Crippen LogP contribution in [-0.4, -0.2) is 19.5 Å². The second kappa shape index (κ2) is 8.07. The summed E-state index contributed by atoms with van der Waals surface area (Å²) in [4.78, 5) is 11.3. The van der Waals surface area contributed by atoms with E-state index in [9.17, 15) is 4.79 Å². The summed E-state index contributed by atoms with van der Waals surface area (Å²) in [5, 5.41) is -0.456. The first-order chi connectivity index (χ1) is 12.6. The molecule has 0 amide bonds. The molecule has 3 aromatic rings. The maximum atomic E-state index is 11.3. The van der Waals surface area contributed by atoms with Crippen LogP contribution in [0.15, 0.2) is 72.8 Å². The third kappa shape index (κ3) is 3.89. The van der Waals surface area contributed by atoms with Gasteiger partial charge in [0.1, 0.15) is 11.5 Å². The van der Waals surface area contributed by atoms with Crippen molar-refractivity contribution in [3.63, 3.8) is 0 Å². The summed E-state index contributed by atoms with van der Waals surface area (Å²) in [6, 6.07) is 23.4. The van der Waals surface area contributed by atoms with Crippen LogP contribution in [-0.2, 0) is 0 Å². The number of hydrogen-bond donors (Lipinski definition) is 0. The van der Waals surface area contributed by atoms with Gasteiger partial charge in [0.25, 0.3) is 5.24 Å². The molecule has 26 heavy (non-hydrogen) atoms. The highest BCUT2D eigenvalue weighted by molar-refractivity contribution is 6.67. The summed E-state index contributed by atoms with van der Waals surface area (Å²) < 4.78 is 10.5. The normalized spacial score (nSPS) is 10.6. The van der Waals surface area contributed by atoms with Gasteiger partial charge in [-0.25, -0.2) is 0 Å². The highest BCUT2D eigenvalue weighted by Crippen LogP contribution is 2.34. The second-order valence-corrected chi connectivity index (χ2v) is 6.22. The van der Waals surface area contributed by atoms with Gasteiger partial charge in [0.05, 0.1) is 14.2 Å². The molecule has 0 aliphatic carbocycles. The molecule has 0 atom stereocenters. The largest absolute Gasteiger partial charge is 0.497 e. The van der Waals surface area contributed by atoms with E-state index in [2.05, 4.69) is 0 Å². The van der Waals surface area contributed by atoms with Gasteiger partial charge >= 0.3 is 0 Å². The van der Waals surface area contributed by atoms with Crippen molar-refractivity contribution in [3.05, 3.63) is 95.1 Å².